The number of hydrogen-bond donors (Lipinski definition) is 1. The Kier molecular flexibility index (Phi) is 15.4. The molecule has 1 N–H and O–H groups in total. The van der Waals surface area contributed by atoms with Crippen molar-refractivity contribution in [2.75, 3.05) is 6.61 Å². The van der Waals surface area contributed by atoms with Crippen LogP contribution in [0.15, 0.2) is 115 Å². The van der Waals surface area contributed by atoms with Crippen molar-refractivity contribution in [1.82, 2.24) is 0 Å². The van der Waals surface area contributed by atoms with E-state index in [4.69, 9.17) is 5.11 Å². The molecule has 39 heavy (non-hydrogen) atoms. The summed E-state index contributed by atoms with van der Waals surface area (Å²) in [5.74, 6) is 0. The van der Waals surface area contributed by atoms with Crippen LogP contribution in [0.2, 0.25) is 0 Å². The molecule has 5 aromatic rings. The van der Waals surface area contributed by atoms with Gasteiger partial charge in [-0.3, -0.25) is 0 Å². The molecule has 0 saturated heterocycles. The van der Waals surface area contributed by atoms with E-state index in [9.17, 15) is 0 Å². The summed E-state index contributed by atoms with van der Waals surface area (Å²) in [7, 11) is 0. The molecule has 0 aromatic heterocycles. The topological polar surface area (TPSA) is 20.2 Å². The number of rotatable bonds is 2. The maximum Gasteiger partial charge on any atom is 0.0402 e. The van der Waals surface area contributed by atoms with Crippen molar-refractivity contribution in [3.63, 3.8) is 0 Å². The molecule has 0 aliphatic heterocycles. The van der Waals surface area contributed by atoms with E-state index < -0.39 is 0 Å². The fourth-order valence-corrected chi connectivity index (χ4v) is 3.86. The third kappa shape index (κ3) is 11.8. The molecule has 0 heterocycles. The number of aryl methyl sites for hydroxylation is 1. The van der Waals surface area contributed by atoms with Gasteiger partial charge in [-0.25, -0.2) is 0 Å². The smallest absolute Gasteiger partial charge is 0.0402 e. The van der Waals surface area contributed by atoms with Gasteiger partial charge < -0.3 is 5.11 Å². The zero-order valence-electron chi connectivity index (χ0n) is 24.2. The molecule has 0 bridgehead atoms. The largest absolute Gasteiger partial charge is 0.397 e. The van der Waals surface area contributed by atoms with Crippen molar-refractivity contribution in [2.24, 2.45) is 0 Å². The van der Waals surface area contributed by atoms with Crippen molar-refractivity contribution in [1.29, 1.82) is 0 Å². The van der Waals surface area contributed by atoms with Crippen LogP contribution in [0.5, 0.6) is 0 Å². The minimum absolute atomic E-state index is 0. The Morgan fingerprint density at radius 1 is 0.692 bits per heavy atom. The molecular weight excluding hydrogens is 639 g/mol. The van der Waals surface area contributed by atoms with Gasteiger partial charge in [0, 0.05) is 32.5 Å². The molecule has 0 saturated carbocycles. The normalized spacial score (nSPS) is 10.0. The van der Waals surface area contributed by atoms with Crippen molar-refractivity contribution in [3.05, 3.63) is 151 Å². The summed E-state index contributed by atoms with van der Waals surface area (Å²) in [6.07, 6.45) is 1.09. The molecule has 0 aliphatic carbocycles. The van der Waals surface area contributed by atoms with Gasteiger partial charge in [0.25, 0.3) is 0 Å². The standard InChI is InChI=1S/C21H23.2C7H7.C2H6O.Hf/c1-5-15-13-17-7-6-8-19(20(17)14-15)16-9-11-18(12-10-16)21(2,3)4;2*1-7-5-3-2-4-6-7;1-2-3;/h6-14H,5H2,1-4H3;2*2-6H,1H2;3H,2H2,1H3;/q3*-1;;. The minimum Gasteiger partial charge on any atom is -0.397 e. The van der Waals surface area contributed by atoms with E-state index in [1.807, 2.05) is 60.7 Å². The monoisotopic (exact) mass is 683 g/mol. The van der Waals surface area contributed by atoms with E-state index in [1.54, 1.807) is 6.92 Å². The second-order valence-corrected chi connectivity index (χ2v) is 10.1. The molecule has 0 atom stereocenters. The van der Waals surface area contributed by atoms with Crippen LogP contribution >= 0.6 is 0 Å². The van der Waals surface area contributed by atoms with E-state index in [0.29, 0.717) is 0 Å². The zero-order chi connectivity index (χ0) is 28.0. The van der Waals surface area contributed by atoms with Gasteiger partial charge in [0.2, 0.25) is 0 Å². The van der Waals surface area contributed by atoms with Crippen LogP contribution in [0.3, 0.4) is 0 Å². The minimum atomic E-state index is 0. The van der Waals surface area contributed by atoms with Gasteiger partial charge >= 0.3 is 0 Å². The van der Waals surface area contributed by atoms with Crippen LogP contribution in [-0.4, -0.2) is 11.7 Å². The third-order valence-corrected chi connectivity index (χ3v) is 5.97. The van der Waals surface area contributed by atoms with Crippen molar-refractivity contribution in [2.45, 2.75) is 46.5 Å². The maximum atomic E-state index is 7.57. The quantitative estimate of drug-likeness (QED) is 0.145. The van der Waals surface area contributed by atoms with Crippen LogP contribution < -0.4 is 0 Å². The van der Waals surface area contributed by atoms with Crippen molar-refractivity contribution >= 4 is 10.8 Å². The molecule has 5 rings (SSSR count). The molecule has 0 unspecified atom stereocenters. The van der Waals surface area contributed by atoms with E-state index in [1.165, 1.54) is 33.0 Å². The summed E-state index contributed by atoms with van der Waals surface area (Å²) in [6.45, 7) is 18.4. The Labute approximate surface area is 256 Å². The summed E-state index contributed by atoms with van der Waals surface area (Å²) < 4.78 is 0. The van der Waals surface area contributed by atoms with Gasteiger partial charge in [-0.05, 0) is 29.9 Å². The number of aliphatic hydroxyl groups is 1. The fraction of sp³-hybridized carbons (Fsp3) is 0.216. The van der Waals surface area contributed by atoms with Crippen LogP contribution in [-0.2, 0) is 37.7 Å². The molecule has 2 heteroatoms. The molecule has 1 nitrogen and oxygen atoms in total. The number of aliphatic hydroxyl groups excluding tert-OH is 1. The van der Waals surface area contributed by atoms with Crippen LogP contribution in [0, 0.1) is 13.8 Å². The van der Waals surface area contributed by atoms with E-state index >= 15 is 0 Å². The van der Waals surface area contributed by atoms with Gasteiger partial charge in [-0.15, -0.1) is 58.8 Å². The second-order valence-electron chi connectivity index (χ2n) is 10.1. The van der Waals surface area contributed by atoms with Gasteiger partial charge in [0.1, 0.15) is 0 Å². The van der Waals surface area contributed by atoms with Gasteiger partial charge in [0.15, 0.2) is 0 Å². The Hall–Kier alpha value is -2.94. The van der Waals surface area contributed by atoms with E-state index in [-0.39, 0.29) is 37.9 Å². The first kappa shape index (κ1) is 34.1. The molecule has 0 fully saturated rings. The molecular formula is C37H43HfO-3. The number of benzene rings is 4. The van der Waals surface area contributed by atoms with Crippen molar-refractivity contribution < 1.29 is 30.9 Å². The van der Waals surface area contributed by atoms with Gasteiger partial charge in [-0.2, -0.15) is 55.3 Å². The Morgan fingerprint density at radius 2 is 1.18 bits per heavy atom. The summed E-state index contributed by atoms with van der Waals surface area (Å²) in [5, 5.41) is 10.3. The fourth-order valence-electron chi connectivity index (χ4n) is 3.86. The molecule has 0 radical (unpaired) electrons. The summed E-state index contributed by atoms with van der Waals surface area (Å²) in [4.78, 5) is 0. The molecule has 0 aliphatic rings. The second kappa shape index (κ2) is 17.6. The van der Waals surface area contributed by atoms with Gasteiger partial charge in [-0.1, -0.05) is 75.7 Å². The van der Waals surface area contributed by atoms with E-state index in [2.05, 4.69) is 96.1 Å². The first-order chi connectivity index (χ1) is 18.2. The number of fused-ring (bicyclic) bond motifs is 1. The Morgan fingerprint density at radius 3 is 1.56 bits per heavy atom. The first-order valence-electron chi connectivity index (χ1n) is 13.3. The van der Waals surface area contributed by atoms with Gasteiger partial charge in [0.05, 0.1) is 0 Å². The average Bonchev–Trinajstić information content (AvgIpc) is 3.34. The predicted molar refractivity (Wildman–Crippen MR) is 168 cm³/mol. The summed E-state index contributed by atoms with van der Waals surface area (Å²) >= 11 is 0. The first-order valence-corrected chi connectivity index (χ1v) is 13.3. The molecule has 0 spiro atoms. The average molecular weight is 682 g/mol. The van der Waals surface area contributed by atoms with Crippen molar-refractivity contribution in [3.8, 4) is 11.1 Å². The van der Waals surface area contributed by atoms with Crippen LogP contribution in [0.25, 0.3) is 21.9 Å². The zero-order valence-corrected chi connectivity index (χ0v) is 27.8. The number of hydrogen-bond acceptors (Lipinski definition) is 1. The summed E-state index contributed by atoms with van der Waals surface area (Å²) in [6, 6.07) is 40.0. The van der Waals surface area contributed by atoms with Crippen LogP contribution in [0.4, 0.5) is 0 Å². The molecule has 204 valence electrons. The Bertz CT molecular complexity index is 1270. The predicted octanol–water partition coefficient (Wildman–Crippen LogP) is 9.82. The maximum absolute atomic E-state index is 7.57. The molecule has 5 aromatic carbocycles. The van der Waals surface area contributed by atoms with E-state index in [0.717, 1.165) is 17.5 Å². The molecule has 0 amide bonds. The third-order valence-electron chi connectivity index (χ3n) is 5.97. The van der Waals surface area contributed by atoms with Crippen LogP contribution in [0.1, 0.15) is 56.9 Å². The summed E-state index contributed by atoms with van der Waals surface area (Å²) in [5.41, 5.74) is 7.80. The SMILES string of the molecule is CCO.CCc1cc2c(-c3ccc(C(C)(C)C)cc3)cccc2[cH-]1.[CH2-]c1ccccc1.[CH2-]c1ccccc1.[Hf]. The Balaban J connectivity index is 0.000000345.